The summed E-state index contributed by atoms with van der Waals surface area (Å²) < 4.78 is 0. The van der Waals surface area contributed by atoms with Gasteiger partial charge in [-0.1, -0.05) is 78.9 Å². The zero-order chi connectivity index (χ0) is 23.8. The third kappa shape index (κ3) is 7.27. The first kappa shape index (κ1) is 28.3. The number of para-hydroxylation sites is 1. The molecule has 0 bridgehead atoms. The standard InChI is InChI=1S/C16H15NO3.C12H10N2.H2O.Pd/c18-15(13-9-5-2-6-10-13)17-14(16(19)20)11-12-7-3-1-4-8-12;1-2-6-12-11(5-1)7-10-13-8-3-4-9-14(12)13;;/h1-10,14H,11H2,(H,17,18)(H,19,20);1-10H;1H2;/q;;;+2/p-2. The monoisotopic (exact) mass is 573 g/mol. The molecule has 7 nitrogen and oxygen atoms in total. The number of carboxylic acid groups (broad SMARTS) is 1. The number of hydrazine groups is 1. The number of carbonyl (C=O) groups excluding carboxylic acids is 1. The molecule has 0 amide bonds. The average Bonchev–Trinajstić information content (AvgIpc) is 2.89. The first-order chi connectivity index (χ1) is 16.6. The van der Waals surface area contributed by atoms with Crippen molar-refractivity contribution in [3.8, 4) is 0 Å². The fourth-order valence-corrected chi connectivity index (χ4v) is 3.55. The molecule has 0 fully saturated rings. The number of allylic oxidation sites excluding steroid dienone is 2. The average molecular weight is 574 g/mol. The molecule has 1 atom stereocenters. The molecule has 5 rings (SSSR count). The number of fused-ring (bicyclic) bond motifs is 3. The van der Waals surface area contributed by atoms with Gasteiger partial charge in [0.05, 0.1) is 17.7 Å². The SMILES string of the molecule is C1=CN2C=Cc3ccccc3N2C=C1.O.O=C([O-])C(Cc1ccccc1)N=C([O-])c1ccccc1.[Pd+2]. The van der Waals surface area contributed by atoms with Gasteiger partial charge in [0.25, 0.3) is 0 Å². The van der Waals surface area contributed by atoms with Crippen LogP contribution < -0.4 is 15.2 Å². The van der Waals surface area contributed by atoms with Gasteiger partial charge in [-0.2, -0.15) is 0 Å². The number of carboxylic acids is 1. The zero-order valence-corrected chi connectivity index (χ0v) is 20.8. The minimum Gasteiger partial charge on any atom is -0.858 e. The minimum atomic E-state index is -1.35. The molecule has 0 saturated carbocycles. The van der Waals surface area contributed by atoms with E-state index in [1.54, 1.807) is 54.6 Å². The second-order valence-electron chi connectivity index (χ2n) is 7.61. The molecule has 0 aliphatic carbocycles. The molecule has 0 spiro atoms. The maximum absolute atomic E-state index is 11.9. The Morgan fingerprint density at radius 1 is 0.806 bits per heavy atom. The summed E-state index contributed by atoms with van der Waals surface area (Å²) in [6, 6.07) is 24.6. The van der Waals surface area contributed by atoms with Crippen LogP contribution in [0.1, 0.15) is 16.7 Å². The van der Waals surface area contributed by atoms with Gasteiger partial charge in [-0.3, -0.25) is 15.0 Å². The van der Waals surface area contributed by atoms with Gasteiger partial charge in [0.2, 0.25) is 0 Å². The normalized spacial score (nSPS) is 13.7. The number of hydrogen-bond donors (Lipinski definition) is 0. The third-order valence-electron chi connectivity index (χ3n) is 5.25. The summed E-state index contributed by atoms with van der Waals surface area (Å²) in [7, 11) is 0. The number of hydrogen-bond acceptors (Lipinski definition) is 6. The first-order valence-electron chi connectivity index (χ1n) is 10.9. The van der Waals surface area contributed by atoms with E-state index in [1.165, 1.54) is 11.3 Å². The van der Waals surface area contributed by atoms with Crippen molar-refractivity contribution in [2.75, 3.05) is 5.01 Å². The molecule has 2 N–H and O–H groups in total. The molecule has 1 unspecified atom stereocenters. The molecule has 2 heterocycles. The van der Waals surface area contributed by atoms with Crippen molar-refractivity contribution in [2.24, 2.45) is 4.99 Å². The van der Waals surface area contributed by atoms with Crippen molar-refractivity contribution < 1.29 is 40.9 Å². The van der Waals surface area contributed by atoms with Crippen molar-refractivity contribution in [1.29, 1.82) is 0 Å². The molecule has 186 valence electrons. The molecule has 2 aliphatic rings. The van der Waals surface area contributed by atoms with Gasteiger partial charge in [0.1, 0.15) is 0 Å². The molecular weight excluding hydrogens is 549 g/mol. The van der Waals surface area contributed by atoms with Crippen LogP contribution in [0.5, 0.6) is 0 Å². The van der Waals surface area contributed by atoms with Crippen LogP contribution in [-0.4, -0.2) is 28.4 Å². The van der Waals surface area contributed by atoms with E-state index in [4.69, 9.17) is 0 Å². The third-order valence-corrected chi connectivity index (χ3v) is 5.25. The van der Waals surface area contributed by atoms with E-state index in [0.717, 1.165) is 5.56 Å². The number of aliphatic imine (C=N–C) groups is 1. The van der Waals surface area contributed by atoms with E-state index < -0.39 is 17.9 Å². The minimum absolute atomic E-state index is 0. The van der Waals surface area contributed by atoms with Gasteiger partial charge in [-0.05, 0) is 41.3 Å². The Morgan fingerprint density at radius 2 is 1.42 bits per heavy atom. The van der Waals surface area contributed by atoms with Gasteiger partial charge < -0.3 is 20.5 Å². The topological polar surface area (TPSA) is 114 Å². The van der Waals surface area contributed by atoms with E-state index >= 15 is 0 Å². The molecule has 36 heavy (non-hydrogen) atoms. The number of nitrogens with zero attached hydrogens (tertiary/aromatic N) is 3. The molecule has 0 saturated heterocycles. The Kier molecular flexibility index (Phi) is 10.8. The largest absolute Gasteiger partial charge is 2.00 e. The predicted molar refractivity (Wildman–Crippen MR) is 134 cm³/mol. The Bertz CT molecular complexity index is 1240. The molecule has 0 aromatic heterocycles. The van der Waals surface area contributed by atoms with Crippen molar-refractivity contribution in [1.82, 2.24) is 5.01 Å². The smallest absolute Gasteiger partial charge is 0.858 e. The quantitative estimate of drug-likeness (QED) is 0.263. The van der Waals surface area contributed by atoms with Crippen LogP contribution in [0.15, 0.2) is 121 Å². The molecule has 8 heteroatoms. The van der Waals surface area contributed by atoms with Crippen molar-refractivity contribution >= 4 is 23.6 Å². The van der Waals surface area contributed by atoms with E-state index in [-0.39, 0.29) is 32.3 Å². The maximum atomic E-state index is 11.9. The van der Waals surface area contributed by atoms with E-state index in [0.29, 0.717) is 5.56 Å². The second kappa shape index (κ2) is 13.8. The van der Waals surface area contributed by atoms with Crippen LogP contribution in [-0.2, 0) is 31.6 Å². The molecule has 2 aliphatic heterocycles. The molecule has 0 radical (unpaired) electrons. The van der Waals surface area contributed by atoms with Gasteiger partial charge >= 0.3 is 20.4 Å². The Hall–Kier alpha value is -3.96. The molecule has 3 aromatic rings. The number of benzene rings is 3. The summed E-state index contributed by atoms with van der Waals surface area (Å²) in [5.41, 5.74) is 3.64. The number of aliphatic carboxylic acids is 1. The second-order valence-corrected chi connectivity index (χ2v) is 7.61. The summed E-state index contributed by atoms with van der Waals surface area (Å²) in [4.78, 5) is 14.9. The van der Waals surface area contributed by atoms with E-state index in [1.807, 2.05) is 24.4 Å². The van der Waals surface area contributed by atoms with Gasteiger partial charge in [-0.15, -0.1) is 0 Å². The summed E-state index contributed by atoms with van der Waals surface area (Å²) in [5.74, 6) is -1.89. The molecule has 3 aromatic carbocycles. The Morgan fingerprint density at radius 3 is 2.11 bits per heavy atom. The number of carbonyl (C=O) groups is 1. The summed E-state index contributed by atoms with van der Waals surface area (Å²) in [6.07, 6.45) is 12.5. The number of anilines is 1. The summed E-state index contributed by atoms with van der Waals surface area (Å²) in [6.45, 7) is 0. The van der Waals surface area contributed by atoms with Crippen LogP contribution >= 0.6 is 0 Å². The van der Waals surface area contributed by atoms with Crippen molar-refractivity contribution in [3.05, 3.63) is 132 Å². The first-order valence-corrected chi connectivity index (χ1v) is 10.9. The zero-order valence-electron chi connectivity index (χ0n) is 19.2. The summed E-state index contributed by atoms with van der Waals surface area (Å²) >= 11 is 0. The van der Waals surface area contributed by atoms with Crippen LogP contribution in [0.25, 0.3) is 6.08 Å². The Labute approximate surface area is 224 Å². The number of rotatable bonds is 5. The van der Waals surface area contributed by atoms with Crippen LogP contribution in [0.4, 0.5) is 5.69 Å². The van der Waals surface area contributed by atoms with E-state index in [2.05, 4.69) is 57.8 Å². The maximum Gasteiger partial charge on any atom is 2.00 e. The van der Waals surface area contributed by atoms with Crippen LogP contribution in [0, 0.1) is 0 Å². The van der Waals surface area contributed by atoms with Crippen molar-refractivity contribution in [3.63, 3.8) is 0 Å². The summed E-state index contributed by atoms with van der Waals surface area (Å²) in [5, 5.41) is 27.2. The predicted octanol–water partition coefficient (Wildman–Crippen LogP) is 2.06. The van der Waals surface area contributed by atoms with Gasteiger partial charge in [-0.25, -0.2) is 0 Å². The van der Waals surface area contributed by atoms with Crippen LogP contribution in [0.2, 0.25) is 0 Å². The fourth-order valence-electron chi connectivity index (χ4n) is 3.55. The van der Waals surface area contributed by atoms with Crippen LogP contribution in [0.3, 0.4) is 0 Å². The van der Waals surface area contributed by atoms with Gasteiger partial charge in [0.15, 0.2) is 0 Å². The fraction of sp³-hybridized carbons (Fsp3) is 0.0714. The van der Waals surface area contributed by atoms with Crippen molar-refractivity contribution in [2.45, 2.75) is 12.5 Å². The van der Waals surface area contributed by atoms with Gasteiger partial charge in [0, 0.05) is 30.6 Å². The molecular formula is C28H25N3O4Pd. The van der Waals surface area contributed by atoms with E-state index in [9.17, 15) is 15.0 Å². The Balaban J connectivity index is 0.000000252.